The lowest BCUT2D eigenvalue weighted by Gasteiger charge is -2.45. The highest BCUT2D eigenvalue weighted by atomic mass is 32.2. The zero-order valence-electron chi connectivity index (χ0n) is 31.2. The van der Waals surface area contributed by atoms with E-state index in [4.69, 9.17) is 15.2 Å². The van der Waals surface area contributed by atoms with Crippen LogP contribution in [0.3, 0.4) is 0 Å². The van der Waals surface area contributed by atoms with Gasteiger partial charge in [0.25, 0.3) is 5.91 Å². The first kappa shape index (κ1) is 41.0. The second-order valence-electron chi connectivity index (χ2n) is 14.8. The molecule has 0 saturated carbocycles. The lowest BCUT2D eigenvalue weighted by atomic mass is 9.89. The van der Waals surface area contributed by atoms with E-state index in [9.17, 15) is 29.3 Å². The van der Waals surface area contributed by atoms with Crippen LogP contribution in [0, 0.1) is 5.92 Å². The summed E-state index contributed by atoms with van der Waals surface area (Å²) in [4.78, 5) is 29.7. The number of nitrogens with two attached hydrogens (primary N) is 1. The quantitative estimate of drug-likeness (QED) is 0.0795. The number of alkyl halides is 1. The Balaban J connectivity index is 1.19. The Morgan fingerprint density at radius 1 is 1.05 bits per heavy atom. The van der Waals surface area contributed by atoms with Gasteiger partial charge in [-0.2, -0.15) is 0 Å². The van der Waals surface area contributed by atoms with Crippen LogP contribution < -0.4 is 16.4 Å². The van der Waals surface area contributed by atoms with E-state index in [2.05, 4.69) is 20.9 Å². The molecule has 0 radical (unpaired) electrons. The van der Waals surface area contributed by atoms with E-state index < -0.39 is 47.9 Å². The zero-order valence-corrected chi connectivity index (χ0v) is 32.0. The predicted octanol–water partition coefficient (Wildman–Crippen LogP) is 2.41. The molecule has 2 aromatic carbocycles. The summed E-state index contributed by atoms with van der Waals surface area (Å²) in [6, 6.07) is 13.1. The van der Waals surface area contributed by atoms with Crippen molar-refractivity contribution >= 4 is 29.3 Å². The molecule has 55 heavy (non-hydrogen) atoms. The second-order valence-corrected chi connectivity index (χ2v) is 16.2. The van der Waals surface area contributed by atoms with Gasteiger partial charge in [0.2, 0.25) is 5.91 Å². The third-order valence-corrected chi connectivity index (χ3v) is 12.1. The molecule has 9 atom stereocenters. The zero-order chi connectivity index (χ0) is 38.9. The number of nitrogen functional groups attached to an aromatic ring is 1. The van der Waals surface area contributed by atoms with Crippen molar-refractivity contribution in [2.75, 3.05) is 45.3 Å². The van der Waals surface area contributed by atoms with Gasteiger partial charge in [-0.1, -0.05) is 37.1 Å². The lowest BCUT2D eigenvalue weighted by Crippen LogP contribution is -2.66. The molecule has 0 aliphatic carbocycles. The number of benzene rings is 2. The smallest absolute Gasteiger partial charge is 0.254 e. The third kappa shape index (κ3) is 10.6. The fourth-order valence-electron chi connectivity index (χ4n) is 7.62. The van der Waals surface area contributed by atoms with Crippen LogP contribution in [0.15, 0.2) is 59.6 Å². The van der Waals surface area contributed by atoms with E-state index in [1.54, 1.807) is 35.4 Å². The number of ether oxygens (including phenoxy) is 2. The molecule has 3 aliphatic rings. The Hall–Kier alpha value is -3.64. The van der Waals surface area contributed by atoms with Crippen LogP contribution in [0.4, 0.5) is 10.1 Å². The number of rotatable bonds is 14. The summed E-state index contributed by atoms with van der Waals surface area (Å²) < 4.78 is 26.0. The molecule has 3 saturated heterocycles. The molecule has 300 valence electrons. The van der Waals surface area contributed by atoms with Gasteiger partial charge in [-0.25, -0.2) is 4.68 Å². The summed E-state index contributed by atoms with van der Waals surface area (Å²) in [7, 11) is 0. The van der Waals surface area contributed by atoms with Crippen LogP contribution in [0.5, 0.6) is 0 Å². The lowest BCUT2D eigenvalue weighted by molar-refractivity contribution is -0.231. The number of aliphatic hydroxyl groups excluding tert-OH is 3. The SMILES string of the molecule is C[C@H](Sc1ccc(C(=O)N2CCOCC2)cc1)[C@@H](NC(=O)[C@@H]1CC[C@H](CCCCF)CCN1)[C@H]1OC(Cn2cc(-c3cccc(N)c3)nn2)[C@H](O)C(O)C1O. The number of carbonyl (C=O) groups is 2. The van der Waals surface area contributed by atoms with Crippen LogP contribution in [-0.2, 0) is 20.8 Å². The molecule has 6 rings (SSSR count). The van der Waals surface area contributed by atoms with Gasteiger partial charge in [-0.05, 0) is 74.5 Å². The van der Waals surface area contributed by atoms with Gasteiger partial charge in [-0.15, -0.1) is 16.9 Å². The number of morpholine rings is 1. The van der Waals surface area contributed by atoms with Gasteiger partial charge in [0.05, 0.1) is 44.7 Å². The van der Waals surface area contributed by atoms with Crippen LogP contribution in [0.2, 0.25) is 0 Å². The molecule has 0 bridgehead atoms. The fourth-order valence-corrected chi connectivity index (χ4v) is 8.72. The first-order chi connectivity index (χ1) is 26.6. The minimum Gasteiger partial charge on any atom is -0.399 e. The Morgan fingerprint density at radius 2 is 1.84 bits per heavy atom. The van der Waals surface area contributed by atoms with Crippen LogP contribution >= 0.6 is 11.8 Å². The van der Waals surface area contributed by atoms with Crippen molar-refractivity contribution in [2.24, 2.45) is 5.92 Å². The van der Waals surface area contributed by atoms with Crippen molar-refractivity contribution < 1.29 is 38.8 Å². The summed E-state index contributed by atoms with van der Waals surface area (Å²) in [6.45, 7) is 4.32. The maximum absolute atomic E-state index is 14.0. The number of halogens is 1. The molecular weight excluding hydrogens is 730 g/mol. The Bertz CT molecular complexity index is 1700. The molecule has 0 spiro atoms. The van der Waals surface area contributed by atoms with Crippen molar-refractivity contribution in [3.05, 3.63) is 60.3 Å². The number of hydrogen-bond acceptors (Lipinski definition) is 12. The number of unbranched alkanes of at least 4 members (excludes halogenated alkanes) is 1. The number of anilines is 1. The molecule has 4 heterocycles. The van der Waals surface area contributed by atoms with E-state index in [0.717, 1.165) is 36.1 Å². The molecule has 16 heteroatoms. The van der Waals surface area contributed by atoms with Crippen molar-refractivity contribution in [1.29, 1.82) is 0 Å². The van der Waals surface area contributed by atoms with Gasteiger partial charge < -0.3 is 46.1 Å². The maximum Gasteiger partial charge on any atom is 0.254 e. The first-order valence-corrected chi connectivity index (χ1v) is 20.2. The average Bonchev–Trinajstić information content (AvgIpc) is 3.54. The Labute approximate surface area is 325 Å². The fraction of sp³-hybridized carbons (Fsp3) is 0.590. The van der Waals surface area contributed by atoms with Crippen LogP contribution in [0.1, 0.15) is 55.8 Å². The molecule has 3 unspecified atom stereocenters. The van der Waals surface area contributed by atoms with E-state index in [1.807, 2.05) is 31.2 Å². The maximum atomic E-state index is 14.0. The molecule has 14 nitrogen and oxygen atoms in total. The Kier molecular flexibility index (Phi) is 14.5. The summed E-state index contributed by atoms with van der Waals surface area (Å²) in [6.07, 6.45) is -0.412. The topological polar surface area (TPSA) is 197 Å². The van der Waals surface area contributed by atoms with Gasteiger partial charge in [-0.3, -0.25) is 14.0 Å². The standard InChI is InChI=1S/C39H54FN7O7S/c1-24(55-29-11-9-26(10-12-29)39(52)46-17-19-53-20-18-46)33(43-38(51)30-13-8-25(14-16-42-30)5-2-3-15-40)37-36(50)35(49)34(48)32(54-37)23-47-22-31(44-45-47)27-6-4-7-28(41)21-27/h4,6-7,9-12,21-22,24-25,30,32-37,42,48-50H,2-3,5,8,13-20,23,41H2,1H3,(H,43,51)/t24-,25-,30-,32?,33+,34-,35?,36?,37+/m0/s1. The van der Waals surface area contributed by atoms with E-state index in [-0.39, 0.29) is 25.0 Å². The number of aromatic nitrogens is 3. The van der Waals surface area contributed by atoms with E-state index in [0.29, 0.717) is 68.6 Å². The molecule has 2 amide bonds. The van der Waals surface area contributed by atoms with Crippen molar-refractivity contribution in [2.45, 2.75) is 105 Å². The monoisotopic (exact) mass is 783 g/mol. The van der Waals surface area contributed by atoms with Gasteiger partial charge >= 0.3 is 0 Å². The number of nitrogens with zero attached hydrogens (tertiary/aromatic N) is 4. The molecule has 3 aliphatic heterocycles. The average molecular weight is 784 g/mol. The molecule has 3 fully saturated rings. The Morgan fingerprint density at radius 3 is 2.58 bits per heavy atom. The minimum atomic E-state index is -1.58. The van der Waals surface area contributed by atoms with Crippen molar-refractivity contribution in [1.82, 2.24) is 30.5 Å². The first-order valence-electron chi connectivity index (χ1n) is 19.3. The number of amides is 2. The summed E-state index contributed by atoms with van der Waals surface area (Å²) >= 11 is 1.43. The third-order valence-electron chi connectivity index (χ3n) is 10.8. The van der Waals surface area contributed by atoms with E-state index >= 15 is 0 Å². The highest BCUT2D eigenvalue weighted by molar-refractivity contribution is 8.00. The summed E-state index contributed by atoms with van der Waals surface area (Å²) in [5.74, 6) is 0.0744. The number of aliphatic hydroxyl groups is 3. The number of thioether (sulfide) groups is 1. The molecule has 3 aromatic rings. The van der Waals surface area contributed by atoms with Gasteiger partial charge in [0.15, 0.2) is 0 Å². The number of carbonyl (C=O) groups excluding carboxylic acids is 2. The normalized spacial score (nSPS) is 27.2. The van der Waals surface area contributed by atoms with Crippen LogP contribution in [0.25, 0.3) is 11.3 Å². The predicted molar refractivity (Wildman–Crippen MR) is 206 cm³/mol. The van der Waals surface area contributed by atoms with E-state index in [1.165, 1.54) is 16.4 Å². The summed E-state index contributed by atoms with van der Waals surface area (Å²) in [5.41, 5.74) is 8.40. The highest BCUT2D eigenvalue weighted by Crippen LogP contribution is 2.33. The summed E-state index contributed by atoms with van der Waals surface area (Å²) in [5, 5.41) is 48.3. The highest BCUT2D eigenvalue weighted by Gasteiger charge is 2.49. The number of nitrogens with one attached hydrogen (secondary N) is 2. The van der Waals surface area contributed by atoms with Gasteiger partial charge in [0.1, 0.15) is 36.2 Å². The van der Waals surface area contributed by atoms with Crippen LogP contribution in [-0.4, -0.2) is 134 Å². The van der Waals surface area contributed by atoms with Crippen molar-refractivity contribution in [3.63, 3.8) is 0 Å². The largest absolute Gasteiger partial charge is 0.399 e. The molecular formula is C39H54FN7O7S. The molecule has 7 N–H and O–H groups in total. The number of hydrogen-bond donors (Lipinski definition) is 6. The van der Waals surface area contributed by atoms with Crippen molar-refractivity contribution in [3.8, 4) is 11.3 Å². The second kappa shape index (κ2) is 19.5. The van der Waals surface area contributed by atoms with Gasteiger partial charge in [0, 0.05) is 40.0 Å². The molecule has 1 aromatic heterocycles. The minimum absolute atomic E-state index is 0.00552.